The lowest BCUT2D eigenvalue weighted by Crippen LogP contribution is -2.23. The van der Waals surface area contributed by atoms with Gasteiger partial charge < -0.3 is 9.88 Å². The summed E-state index contributed by atoms with van der Waals surface area (Å²) >= 11 is 5.95. The van der Waals surface area contributed by atoms with Gasteiger partial charge in [-0.1, -0.05) is 11.6 Å². The second-order valence-corrected chi connectivity index (χ2v) is 5.28. The molecule has 1 aromatic carbocycles. The summed E-state index contributed by atoms with van der Waals surface area (Å²) in [7, 11) is 1.77. The molecule has 0 atom stereocenters. The molecule has 0 saturated carbocycles. The molecule has 0 fully saturated rings. The van der Waals surface area contributed by atoms with E-state index in [-0.39, 0.29) is 11.0 Å². The quantitative estimate of drug-likeness (QED) is 0.791. The molecule has 5 nitrogen and oxygen atoms in total. The number of pyridine rings is 2. The molecule has 2 heterocycles. The van der Waals surface area contributed by atoms with E-state index in [1.54, 1.807) is 48.1 Å². The number of rotatable bonds is 2. The second-order valence-electron chi connectivity index (χ2n) is 4.84. The fourth-order valence-electron chi connectivity index (χ4n) is 2.26. The van der Waals surface area contributed by atoms with Crippen molar-refractivity contribution < 1.29 is 4.79 Å². The predicted molar refractivity (Wildman–Crippen MR) is 86.4 cm³/mol. The summed E-state index contributed by atoms with van der Waals surface area (Å²) < 4.78 is 1.73. The highest BCUT2D eigenvalue weighted by molar-refractivity contribution is 6.31. The standard InChI is InChI=1S/C16H12ClN3O2/c1-20-9-13(16(22)19-11-3-2-6-18-8-11)15(21)12-7-10(17)4-5-14(12)20/h2-9H,1H3,(H,19,22). The molecular formula is C16H12ClN3O2. The minimum atomic E-state index is -0.476. The zero-order valence-corrected chi connectivity index (χ0v) is 12.5. The molecule has 0 bridgehead atoms. The topological polar surface area (TPSA) is 64.0 Å². The van der Waals surface area contributed by atoms with Gasteiger partial charge in [0.1, 0.15) is 5.56 Å². The van der Waals surface area contributed by atoms with E-state index in [9.17, 15) is 9.59 Å². The number of carbonyl (C=O) groups is 1. The Balaban J connectivity index is 2.09. The highest BCUT2D eigenvalue weighted by Crippen LogP contribution is 2.17. The van der Waals surface area contributed by atoms with Gasteiger partial charge in [-0.3, -0.25) is 14.6 Å². The lowest BCUT2D eigenvalue weighted by atomic mass is 10.1. The fraction of sp³-hybridized carbons (Fsp3) is 0.0625. The Morgan fingerprint density at radius 2 is 2.14 bits per heavy atom. The molecular weight excluding hydrogens is 302 g/mol. The van der Waals surface area contributed by atoms with Crippen molar-refractivity contribution in [3.05, 3.63) is 69.7 Å². The van der Waals surface area contributed by atoms with Crippen molar-refractivity contribution in [2.24, 2.45) is 7.05 Å². The van der Waals surface area contributed by atoms with Gasteiger partial charge in [-0.15, -0.1) is 0 Å². The third kappa shape index (κ3) is 2.58. The predicted octanol–water partition coefficient (Wildman–Crippen LogP) is 2.84. The van der Waals surface area contributed by atoms with Crippen LogP contribution in [0, 0.1) is 0 Å². The summed E-state index contributed by atoms with van der Waals surface area (Å²) in [4.78, 5) is 28.8. The average Bonchev–Trinajstić information content (AvgIpc) is 2.51. The summed E-state index contributed by atoms with van der Waals surface area (Å²) in [5.41, 5.74) is 0.950. The molecule has 0 radical (unpaired) electrons. The van der Waals surface area contributed by atoms with Gasteiger partial charge in [0.15, 0.2) is 0 Å². The van der Waals surface area contributed by atoms with Gasteiger partial charge >= 0.3 is 0 Å². The van der Waals surface area contributed by atoms with E-state index in [2.05, 4.69) is 10.3 Å². The molecule has 3 aromatic rings. The number of nitrogens with zero attached hydrogens (tertiary/aromatic N) is 2. The Kier molecular flexibility index (Phi) is 3.65. The third-order valence-electron chi connectivity index (χ3n) is 3.31. The number of halogens is 1. The van der Waals surface area contributed by atoms with Crippen molar-refractivity contribution in [1.29, 1.82) is 0 Å². The molecule has 0 spiro atoms. The first-order valence-corrected chi connectivity index (χ1v) is 6.94. The summed E-state index contributed by atoms with van der Waals surface area (Å²) in [6.07, 6.45) is 4.64. The Labute approximate surface area is 131 Å². The van der Waals surface area contributed by atoms with Gasteiger partial charge in [0, 0.05) is 29.9 Å². The van der Waals surface area contributed by atoms with E-state index in [1.165, 1.54) is 12.4 Å². The van der Waals surface area contributed by atoms with Crippen LogP contribution < -0.4 is 10.7 Å². The van der Waals surface area contributed by atoms with Crippen LogP contribution in [0.5, 0.6) is 0 Å². The Morgan fingerprint density at radius 1 is 1.32 bits per heavy atom. The van der Waals surface area contributed by atoms with Crippen LogP contribution in [-0.2, 0) is 7.05 Å². The maximum absolute atomic E-state index is 12.5. The van der Waals surface area contributed by atoms with E-state index in [0.717, 1.165) is 0 Å². The molecule has 0 aliphatic rings. The highest BCUT2D eigenvalue weighted by atomic mass is 35.5. The average molecular weight is 314 g/mol. The normalized spacial score (nSPS) is 10.6. The van der Waals surface area contributed by atoms with E-state index < -0.39 is 5.91 Å². The molecule has 22 heavy (non-hydrogen) atoms. The number of aromatic nitrogens is 2. The molecule has 110 valence electrons. The van der Waals surface area contributed by atoms with Crippen LogP contribution in [0.1, 0.15) is 10.4 Å². The summed E-state index contributed by atoms with van der Waals surface area (Å²) in [5.74, 6) is -0.476. The molecule has 2 aromatic heterocycles. The van der Waals surface area contributed by atoms with Crippen LogP contribution in [0.25, 0.3) is 10.9 Å². The maximum Gasteiger partial charge on any atom is 0.261 e. The minimum Gasteiger partial charge on any atom is -0.350 e. The zero-order chi connectivity index (χ0) is 15.7. The van der Waals surface area contributed by atoms with E-state index in [1.807, 2.05) is 0 Å². The minimum absolute atomic E-state index is 0.0566. The van der Waals surface area contributed by atoms with Gasteiger partial charge in [-0.25, -0.2) is 0 Å². The number of amides is 1. The van der Waals surface area contributed by atoms with Crippen molar-refractivity contribution in [3.8, 4) is 0 Å². The number of carbonyl (C=O) groups excluding carboxylic acids is 1. The van der Waals surface area contributed by atoms with Crippen LogP contribution in [-0.4, -0.2) is 15.5 Å². The number of hydrogen-bond acceptors (Lipinski definition) is 3. The SMILES string of the molecule is Cn1cc(C(=O)Nc2cccnc2)c(=O)c2cc(Cl)ccc21. The first kappa shape index (κ1) is 14.3. The summed E-state index contributed by atoms with van der Waals surface area (Å²) in [6.45, 7) is 0. The molecule has 6 heteroatoms. The lowest BCUT2D eigenvalue weighted by Gasteiger charge is -2.09. The second kappa shape index (κ2) is 5.61. The van der Waals surface area contributed by atoms with E-state index in [4.69, 9.17) is 11.6 Å². The largest absolute Gasteiger partial charge is 0.350 e. The van der Waals surface area contributed by atoms with E-state index in [0.29, 0.717) is 21.6 Å². The number of anilines is 1. The van der Waals surface area contributed by atoms with Gasteiger partial charge in [-0.05, 0) is 30.3 Å². The third-order valence-corrected chi connectivity index (χ3v) is 3.55. The van der Waals surface area contributed by atoms with E-state index >= 15 is 0 Å². The lowest BCUT2D eigenvalue weighted by molar-refractivity contribution is 0.102. The molecule has 1 amide bonds. The number of fused-ring (bicyclic) bond motifs is 1. The smallest absolute Gasteiger partial charge is 0.261 e. The first-order chi connectivity index (χ1) is 10.6. The Hall–Kier alpha value is -2.66. The highest BCUT2D eigenvalue weighted by Gasteiger charge is 2.15. The summed E-state index contributed by atoms with van der Waals surface area (Å²) in [5, 5.41) is 3.52. The molecule has 0 aliphatic carbocycles. The van der Waals surface area contributed by atoms with Gasteiger partial charge in [0.25, 0.3) is 5.91 Å². The van der Waals surface area contributed by atoms with Crippen LogP contribution in [0.4, 0.5) is 5.69 Å². The molecule has 3 rings (SSSR count). The van der Waals surface area contributed by atoms with Crippen molar-refractivity contribution in [3.63, 3.8) is 0 Å². The number of benzene rings is 1. The van der Waals surface area contributed by atoms with Crippen LogP contribution in [0.2, 0.25) is 5.02 Å². The summed E-state index contributed by atoms with van der Waals surface area (Å²) in [6, 6.07) is 8.43. The van der Waals surface area contributed by atoms with Crippen molar-refractivity contribution in [1.82, 2.24) is 9.55 Å². The van der Waals surface area contributed by atoms with Crippen LogP contribution in [0.15, 0.2) is 53.7 Å². The maximum atomic E-state index is 12.5. The van der Waals surface area contributed by atoms with Gasteiger partial charge in [-0.2, -0.15) is 0 Å². The Morgan fingerprint density at radius 3 is 2.86 bits per heavy atom. The van der Waals surface area contributed by atoms with Crippen LogP contribution >= 0.6 is 11.6 Å². The van der Waals surface area contributed by atoms with Crippen molar-refractivity contribution in [2.45, 2.75) is 0 Å². The molecule has 0 unspecified atom stereocenters. The number of nitrogens with one attached hydrogen (secondary N) is 1. The zero-order valence-electron chi connectivity index (χ0n) is 11.7. The number of hydrogen-bond donors (Lipinski definition) is 1. The van der Waals surface area contributed by atoms with Gasteiger partial charge in [0.05, 0.1) is 17.4 Å². The number of aryl methyl sites for hydroxylation is 1. The fourth-order valence-corrected chi connectivity index (χ4v) is 2.43. The molecule has 1 N–H and O–H groups in total. The molecule has 0 saturated heterocycles. The monoisotopic (exact) mass is 313 g/mol. The molecule has 0 aliphatic heterocycles. The first-order valence-electron chi connectivity index (χ1n) is 6.56. The van der Waals surface area contributed by atoms with Crippen LogP contribution in [0.3, 0.4) is 0 Å². The van der Waals surface area contributed by atoms with Gasteiger partial charge in [0.2, 0.25) is 5.43 Å². The van der Waals surface area contributed by atoms with Crippen molar-refractivity contribution >= 4 is 34.1 Å². The van der Waals surface area contributed by atoms with Crippen molar-refractivity contribution in [2.75, 3.05) is 5.32 Å². The Bertz CT molecular complexity index is 920.